The monoisotopic (exact) mass is 365 g/mol. The van der Waals surface area contributed by atoms with Gasteiger partial charge in [0.15, 0.2) is 0 Å². The van der Waals surface area contributed by atoms with E-state index in [4.69, 9.17) is 0 Å². The van der Waals surface area contributed by atoms with Gasteiger partial charge in [0.25, 0.3) is 11.8 Å². The number of carbonyl (C=O) groups is 3. The third kappa shape index (κ3) is 3.18. The quantitative estimate of drug-likeness (QED) is 0.613. The van der Waals surface area contributed by atoms with Gasteiger partial charge in [-0.25, -0.2) is 0 Å². The van der Waals surface area contributed by atoms with Crippen LogP contribution in [-0.2, 0) is 9.59 Å². The molecule has 0 saturated carbocycles. The van der Waals surface area contributed by atoms with E-state index >= 15 is 0 Å². The summed E-state index contributed by atoms with van der Waals surface area (Å²) in [5.74, 6) is -2.73. The minimum Gasteiger partial charge on any atom is -0.548 e. The lowest BCUT2D eigenvalue weighted by atomic mass is 9.92. The summed E-state index contributed by atoms with van der Waals surface area (Å²) in [5.41, 5.74) is 4.05. The second-order valence-corrected chi connectivity index (χ2v) is 6.96. The lowest BCUT2D eigenvalue weighted by Gasteiger charge is -2.28. The molecule has 2 heterocycles. The fraction of sp³-hybridized carbons (Fsp3) is 0.286. The first kappa shape index (κ1) is 18.6. The Morgan fingerprint density at radius 3 is 2.30 bits per heavy atom. The van der Waals surface area contributed by atoms with Gasteiger partial charge in [0, 0.05) is 28.6 Å². The molecule has 1 aromatic heterocycles. The predicted octanol–water partition coefficient (Wildman–Crippen LogP) is 1.96. The Morgan fingerprint density at radius 2 is 1.74 bits per heavy atom. The van der Waals surface area contributed by atoms with E-state index in [1.807, 2.05) is 19.9 Å². The van der Waals surface area contributed by atoms with Crippen molar-refractivity contribution in [3.8, 4) is 0 Å². The summed E-state index contributed by atoms with van der Waals surface area (Å²) >= 11 is 0. The lowest BCUT2D eigenvalue weighted by molar-refractivity contribution is -0.305. The third-order valence-electron chi connectivity index (χ3n) is 4.80. The van der Waals surface area contributed by atoms with E-state index in [1.54, 1.807) is 30.3 Å². The number of hydrogen-bond acceptors (Lipinski definition) is 4. The van der Waals surface area contributed by atoms with Crippen LogP contribution in [0.15, 0.2) is 30.3 Å². The number of carbonyl (C=O) groups excluding carboxylic acids is 3. The second-order valence-electron chi connectivity index (χ2n) is 6.96. The minimum atomic E-state index is -1.48. The van der Waals surface area contributed by atoms with Crippen molar-refractivity contribution in [2.45, 2.75) is 33.7 Å². The van der Waals surface area contributed by atoms with E-state index in [0.29, 0.717) is 16.7 Å². The zero-order valence-corrected chi connectivity index (χ0v) is 15.8. The highest BCUT2D eigenvalue weighted by atomic mass is 16.4. The molecule has 0 aliphatic carbocycles. The Morgan fingerprint density at radius 1 is 1.11 bits per heavy atom. The highest BCUT2D eigenvalue weighted by Gasteiger charge is 2.34. The van der Waals surface area contributed by atoms with Crippen molar-refractivity contribution in [3.63, 3.8) is 0 Å². The van der Waals surface area contributed by atoms with Gasteiger partial charge in [-0.05, 0) is 57.0 Å². The fourth-order valence-electron chi connectivity index (χ4n) is 3.71. The molecule has 3 rings (SSSR count). The molecular weight excluding hydrogens is 344 g/mol. The molecule has 1 aromatic carbocycles. The van der Waals surface area contributed by atoms with Gasteiger partial charge < -0.3 is 14.5 Å². The molecule has 0 fully saturated rings. The average Bonchev–Trinajstić information content (AvgIpc) is 2.88. The first-order chi connectivity index (χ1) is 12.7. The number of aryl methyl sites for hydroxylation is 1. The maximum absolute atomic E-state index is 12.9. The topological polar surface area (TPSA) is 82.4 Å². The summed E-state index contributed by atoms with van der Waals surface area (Å²) in [6.07, 6.45) is 1.73. The molecule has 1 aliphatic rings. The Kier molecular flexibility index (Phi) is 4.74. The van der Waals surface area contributed by atoms with Gasteiger partial charge in [-0.15, -0.1) is 0 Å². The van der Waals surface area contributed by atoms with Gasteiger partial charge >= 0.3 is 0 Å². The number of rotatable bonds is 4. The van der Waals surface area contributed by atoms with Gasteiger partial charge in [0.05, 0.1) is 12.5 Å². The predicted molar refractivity (Wildman–Crippen MR) is 99.7 cm³/mol. The third-order valence-corrected chi connectivity index (χ3v) is 4.80. The van der Waals surface area contributed by atoms with Gasteiger partial charge in [0.2, 0.25) is 0 Å². The SMILES string of the molecule is Cc1cc(/C=C2\C(=O)N(CC(=O)[O-])C(=O)c3ccccc32)c(C)n1C(C)C. The average molecular weight is 365 g/mol. The number of hydrogen-bond donors (Lipinski definition) is 0. The van der Waals surface area contributed by atoms with Crippen LogP contribution in [0.1, 0.15) is 52.8 Å². The fourth-order valence-corrected chi connectivity index (χ4v) is 3.71. The van der Waals surface area contributed by atoms with Crippen LogP contribution in [0.5, 0.6) is 0 Å². The lowest BCUT2D eigenvalue weighted by Crippen LogP contribution is -2.47. The Bertz CT molecular complexity index is 982. The highest BCUT2D eigenvalue weighted by Crippen LogP contribution is 2.32. The highest BCUT2D eigenvalue weighted by molar-refractivity contribution is 6.34. The van der Waals surface area contributed by atoms with Crippen molar-refractivity contribution in [2.75, 3.05) is 6.54 Å². The minimum absolute atomic E-state index is 0.266. The Labute approximate surface area is 157 Å². The number of amides is 2. The Hall–Kier alpha value is -3.15. The van der Waals surface area contributed by atoms with Crippen LogP contribution in [-0.4, -0.2) is 33.8 Å². The molecule has 0 N–H and O–H groups in total. The summed E-state index contributed by atoms with van der Waals surface area (Å²) in [6, 6.07) is 8.98. The van der Waals surface area contributed by atoms with Crippen molar-refractivity contribution in [1.82, 2.24) is 9.47 Å². The number of aromatic nitrogens is 1. The molecule has 1 aliphatic heterocycles. The van der Waals surface area contributed by atoms with E-state index in [-0.39, 0.29) is 6.04 Å². The number of nitrogens with zero attached hydrogens (tertiary/aromatic N) is 2. The molecule has 0 bridgehead atoms. The van der Waals surface area contributed by atoms with Crippen LogP contribution >= 0.6 is 0 Å². The normalized spacial score (nSPS) is 15.6. The molecular formula is C21H21N2O4-. The maximum atomic E-state index is 12.9. The van der Waals surface area contributed by atoms with Crippen molar-refractivity contribution in [2.24, 2.45) is 0 Å². The molecule has 0 atom stereocenters. The van der Waals surface area contributed by atoms with E-state index < -0.39 is 24.3 Å². The molecule has 2 aromatic rings. The zero-order valence-electron chi connectivity index (χ0n) is 15.8. The number of fused-ring (bicyclic) bond motifs is 1. The van der Waals surface area contributed by atoms with Crippen molar-refractivity contribution < 1.29 is 19.5 Å². The van der Waals surface area contributed by atoms with Crippen LogP contribution in [0.3, 0.4) is 0 Å². The summed E-state index contributed by atoms with van der Waals surface area (Å²) in [5, 5.41) is 11.0. The van der Waals surface area contributed by atoms with Crippen LogP contribution in [0.25, 0.3) is 11.6 Å². The van der Waals surface area contributed by atoms with Crippen molar-refractivity contribution in [1.29, 1.82) is 0 Å². The van der Waals surface area contributed by atoms with Crippen molar-refractivity contribution in [3.05, 3.63) is 58.4 Å². The largest absolute Gasteiger partial charge is 0.548 e. The van der Waals surface area contributed by atoms with Gasteiger partial charge in [-0.3, -0.25) is 14.5 Å². The molecule has 6 heteroatoms. The molecule has 0 spiro atoms. The number of carboxylic acid groups (broad SMARTS) is 1. The first-order valence-corrected chi connectivity index (χ1v) is 8.78. The van der Waals surface area contributed by atoms with E-state index in [1.165, 1.54) is 0 Å². The summed E-state index contributed by atoms with van der Waals surface area (Å²) in [4.78, 5) is 37.2. The Balaban J connectivity index is 2.19. The molecule has 0 unspecified atom stereocenters. The summed E-state index contributed by atoms with van der Waals surface area (Å²) < 4.78 is 2.16. The van der Waals surface area contributed by atoms with E-state index in [2.05, 4.69) is 18.4 Å². The van der Waals surface area contributed by atoms with Gasteiger partial charge in [-0.1, -0.05) is 18.2 Å². The standard InChI is InChI=1S/C21H22N2O4/c1-12(2)23-13(3)9-15(14(23)4)10-18-16-7-5-6-8-17(16)20(26)22(21(18)27)11-19(24)25/h5-10,12H,11H2,1-4H3,(H,24,25)/p-1/b18-10-. The first-order valence-electron chi connectivity index (χ1n) is 8.78. The molecule has 2 amide bonds. The van der Waals surface area contributed by atoms with Gasteiger partial charge in [0.1, 0.15) is 0 Å². The summed E-state index contributed by atoms with van der Waals surface area (Å²) in [7, 11) is 0. The number of benzene rings is 1. The van der Waals surface area contributed by atoms with Crippen LogP contribution in [0, 0.1) is 13.8 Å². The van der Waals surface area contributed by atoms with E-state index in [0.717, 1.165) is 21.9 Å². The molecule has 27 heavy (non-hydrogen) atoms. The number of aliphatic carboxylic acids is 1. The molecule has 6 nitrogen and oxygen atoms in total. The number of imide groups is 1. The van der Waals surface area contributed by atoms with Gasteiger partial charge in [-0.2, -0.15) is 0 Å². The van der Waals surface area contributed by atoms with Crippen LogP contribution < -0.4 is 5.11 Å². The molecule has 0 saturated heterocycles. The zero-order chi connectivity index (χ0) is 19.9. The maximum Gasteiger partial charge on any atom is 0.261 e. The molecule has 0 radical (unpaired) electrons. The number of carboxylic acids is 1. The van der Waals surface area contributed by atoms with Crippen LogP contribution in [0.2, 0.25) is 0 Å². The van der Waals surface area contributed by atoms with E-state index in [9.17, 15) is 19.5 Å². The summed E-state index contributed by atoms with van der Waals surface area (Å²) in [6.45, 7) is 7.37. The smallest absolute Gasteiger partial charge is 0.261 e. The second kappa shape index (κ2) is 6.87. The van der Waals surface area contributed by atoms with Crippen LogP contribution in [0.4, 0.5) is 0 Å². The van der Waals surface area contributed by atoms with Crippen molar-refractivity contribution >= 4 is 29.4 Å². The molecule has 140 valence electrons.